The van der Waals surface area contributed by atoms with Crippen LogP contribution in [0.1, 0.15) is 0 Å². The lowest BCUT2D eigenvalue weighted by molar-refractivity contribution is 0.426. The third-order valence-electron chi connectivity index (χ3n) is 3.90. The van der Waals surface area contributed by atoms with Crippen LogP contribution >= 0.6 is 11.3 Å². The number of rotatable bonds is 2. The van der Waals surface area contributed by atoms with Crippen molar-refractivity contribution < 1.29 is 10.0 Å². The summed E-state index contributed by atoms with van der Waals surface area (Å²) >= 11 is 1.67. The summed E-state index contributed by atoms with van der Waals surface area (Å²) in [6.07, 6.45) is 0. The highest BCUT2D eigenvalue weighted by Crippen LogP contribution is 2.35. The van der Waals surface area contributed by atoms with Crippen molar-refractivity contribution in [3.05, 3.63) is 66.7 Å². The van der Waals surface area contributed by atoms with E-state index in [1.165, 1.54) is 21.2 Å². The summed E-state index contributed by atoms with van der Waals surface area (Å²) in [5, 5.41) is 21.0. The summed E-state index contributed by atoms with van der Waals surface area (Å²) in [7, 11) is -1.42. The largest absolute Gasteiger partial charge is 0.488 e. The highest BCUT2D eigenvalue weighted by atomic mass is 32.1. The van der Waals surface area contributed by atoms with Gasteiger partial charge in [0.25, 0.3) is 0 Å². The fourth-order valence-electron chi connectivity index (χ4n) is 2.76. The second kappa shape index (κ2) is 5.25. The summed E-state index contributed by atoms with van der Waals surface area (Å²) < 4.78 is 2.28. The number of hydrogen-bond acceptors (Lipinski definition) is 3. The van der Waals surface area contributed by atoms with Gasteiger partial charge in [-0.3, -0.25) is 0 Å². The van der Waals surface area contributed by atoms with Gasteiger partial charge in [-0.2, -0.15) is 0 Å². The minimum Gasteiger partial charge on any atom is -0.423 e. The first kappa shape index (κ1) is 13.5. The average Bonchev–Trinajstić information content (AvgIpc) is 2.92. The van der Waals surface area contributed by atoms with Gasteiger partial charge in [0.15, 0.2) is 0 Å². The van der Waals surface area contributed by atoms with E-state index in [0.29, 0.717) is 5.46 Å². The summed E-state index contributed by atoms with van der Waals surface area (Å²) in [5.41, 5.74) is 2.92. The van der Waals surface area contributed by atoms with Crippen molar-refractivity contribution >= 4 is 44.1 Å². The molecule has 4 aromatic rings. The maximum absolute atomic E-state index is 9.31. The number of hydrogen-bond donors (Lipinski definition) is 2. The molecule has 1 heterocycles. The van der Waals surface area contributed by atoms with Crippen molar-refractivity contribution in [2.45, 2.75) is 0 Å². The third kappa shape index (κ3) is 2.22. The predicted molar refractivity (Wildman–Crippen MR) is 94.6 cm³/mol. The van der Waals surface area contributed by atoms with Crippen LogP contribution in [-0.4, -0.2) is 17.2 Å². The summed E-state index contributed by atoms with van der Waals surface area (Å²) in [6.45, 7) is 0. The molecule has 0 aliphatic heterocycles. The zero-order valence-electron chi connectivity index (χ0n) is 11.7. The first-order chi connectivity index (χ1) is 10.7. The van der Waals surface area contributed by atoms with E-state index in [2.05, 4.69) is 30.3 Å². The standard InChI is InChI=1S/C18H13BO2S/c20-19(21)14-7-8-15-16-10-13(12-4-2-1-3-5-12)6-9-17(16)22-18(15)11-14/h1-11,20-21H. The van der Waals surface area contributed by atoms with E-state index in [4.69, 9.17) is 0 Å². The monoisotopic (exact) mass is 304 g/mol. The van der Waals surface area contributed by atoms with E-state index in [1.54, 1.807) is 17.4 Å². The van der Waals surface area contributed by atoms with Gasteiger partial charge in [0, 0.05) is 20.2 Å². The Morgan fingerprint density at radius 2 is 1.50 bits per heavy atom. The van der Waals surface area contributed by atoms with E-state index >= 15 is 0 Å². The van der Waals surface area contributed by atoms with Crippen LogP contribution in [0.5, 0.6) is 0 Å². The molecule has 0 saturated heterocycles. The van der Waals surface area contributed by atoms with Gasteiger partial charge in [0.1, 0.15) is 0 Å². The molecular weight excluding hydrogens is 291 g/mol. The Balaban J connectivity index is 1.94. The molecule has 0 spiro atoms. The van der Waals surface area contributed by atoms with Gasteiger partial charge in [-0.15, -0.1) is 11.3 Å². The van der Waals surface area contributed by atoms with Gasteiger partial charge in [-0.1, -0.05) is 48.5 Å². The molecule has 3 aromatic carbocycles. The molecule has 22 heavy (non-hydrogen) atoms. The molecule has 0 unspecified atom stereocenters. The molecule has 0 amide bonds. The van der Waals surface area contributed by atoms with Crippen LogP contribution < -0.4 is 5.46 Å². The van der Waals surface area contributed by atoms with Crippen molar-refractivity contribution in [3.8, 4) is 11.1 Å². The fourth-order valence-corrected chi connectivity index (χ4v) is 3.90. The first-order valence-corrected chi connectivity index (χ1v) is 7.92. The Kier molecular flexibility index (Phi) is 3.23. The maximum atomic E-state index is 9.31. The van der Waals surface area contributed by atoms with Gasteiger partial charge >= 0.3 is 7.12 Å². The van der Waals surface area contributed by atoms with Crippen molar-refractivity contribution in [2.75, 3.05) is 0 Å². The quantitative estimate of drug-likeness (QED) is 0.557. The van der Waals surface area contributed by atoms with Gasteiger partial charge in [0.2, 0.25) is 0 Å². The molecule has 0 fully saturated rings. The maximum Gasteiger partial charge on any atom is 0.488 e. The van der Waals surface area contributed by atoms with Crippen LogP contribution in [0, 0.1) is 0 Å². The molecule has 0 aliphatic rings. The summed E-state index contributed by atoms with van der Waals surface area (Å²) in [4.78, 5) is 0. The van der Waals surface area contributed by atoms with Crippen molar-refractivity contribution in [1.29, 1.82) is 0 Å². The molecule has 4 rings (SSSR count). The minimum atomic E-state index is -1.42. The molecular formula is C18H13BO2S. The predicted octanol–water partition coefficient (Wildman–Crippen LogP) is 3.40. The highest BCUT2D eigenvalue weighted by Gasteiger charge is 2.13. The zero-order valence-corrected chi connectivity index (χ0v) is 12.5. The minimum absolute atomic E-state index is 0.530. The van der Waals surface area contributed by atoms with E-state index in [1.807, 2.05) is 30.3 Å². The summed E-state index contributed by atoms with van der Waals surface area (Å²) in [6, 6.07) is 22.4. The lowest BCUT2D eigenvalue weighted by Crippen LogP contribution is -2.29. The normalized spacial score (nSPS) is 11.2. The molecule has 2 nitrogen and oxygen atoms in total. The molecule has 4 heteroatoms. The topological polar surface area (TPSA) is 40.5 Å². The van der Waals surface area contributed by atoms with Crippen molar-refractivity contribution in [3.63, 3.8) is 0 Å². The molecule has 0 bridgehead atoms. The molecule has 0 radical (unpaired) electrons. The van der Waals surface area contributed by atoms with E-state index in [9.17, 15) is 10.0 Å². The molecule has 0 atom stereocenters. The lowest BCUT2D eigenvalue weighted by atomic mass is 9.80. The molecule has 0 saturated carbocycles. The Bertz CT molecular complexity index is 961. The van der Waals surface area contributed by atoms with Gasteiger partial charge in [0.05, 0.1) is 0 Å². The lowest BCUT2D eigenvalue weighted by Gasteiger charge is -2.02. The molecule has 2 N–H and O–H groups in total. The molecule has 0 aliphatic carbocycles. The smallest absolute Gasteiger partial charge is 0.423 e. The second-order valence-electron chi connectivity index (χ2n) is 5.31. The fraction of sp³-hybridized carbons (Fsp3) is 0. The van der Waals surface area contributed by atoms with E-state index in [0.717, 1.165) is 10.1 Å². The van der Waals surface area contributed by atoms with Crippen LogP contribution in [0.25, 0.3) is 31.3 Å². The number of fused-ring (bicyclic) bond motifs is 3. The first-order valence-electron chi connectivity index (χ1n) is 7.10. The van der Waals surface area contributed by atoms with Gasteiger partial charge in [-0.05, 0) is 34.8 Å². The molecule has 1 aromatic heterocycles. The van der Waals surface area contributed by atoms with Crippen molar-refractivity contribution in [2.24, 2.45) is 0 Å². The van der Waals surface area contributed by atoms with E-state index in [-0.39, 0.29) is 0 Å². The molecule has 106 valence electrons. The Morgan fingerprint density at radius 1 is 0.682 bits per heavy atom. The SMILES string of the molecule is OB(O)c1ccc2c(c1)sc1ccc(-c3ccccc3)cc12. The van der Waals surface area contributed by atoms with Crippen LogP contribution in [0.3, 0.4) is 0 Å². The van der Waals surface area contributed by atoms with Crippen LogP contribution in [0.15, 0.2) is 66.7 Å². The van der Waals surface area contributed by atoms with E-state index < -0.39 is 7.12 Å². The average molecular weight is 304 g/mol. The van der Waals surface area contributed by atoms with Gasteiger partial charge < -0.3 is 10.0 Å². The highest BCUT2D eigenvalue weighted by molar-refractivity contribution is 7.25. The Hall–Kier alpha value is -2.14. The second-order valence-corrected chi connectivity index (χ2v) is 6.39. The number of thiophene rings is 1. The van der Waals surface area contributed by atoms with Crippen LogP contribution in [-0.2, 0) is 0 Å². The zero-order chi connectivity index (χ0) is 15.1. The van der Waals surface area contributed by atoms with Gasteiger partial charge in [-0.25, -0.2) is 0 Å². The Morgan fingerprint density at radius 3 is 2.27 bits per heavy atom. The summed E-state index contributed by atoms with van der Waals surface area (Å²) in [5.74, 6) is 0. The van der Waals surface area contributed by atoms with Crippen molar-refractivity contribution in [1.82, 2.24) is 0 Å². The number of benzene rings is 3. The van der Waals surface area contributed by atoms with Crippen LogP contribution in [0.2, 0.25) is 0 Å². The van der Waals surface area contributed by atoms with Crippen LogP contribution in [0.4, 0.5) is 0 Å². The third-order valence-corrected chi connectivity index (χ3v) is 5.03. The Labute approximate surface area is 132 Å².